The molecule has 1 rings (SSSR count). The van der Waals surface area contributed by atoms with Crippen LogP contribution in [0, 0.1) is 0 Å². The van der Waals surface area contributed by atoms with Crippen molar-refractivity contribution in [3.63, 3.8) is 0 Å². The summed E-state index contributed by atoms with van der Waals surface area (Å²) in [5.74, 6) is 0.131. The fraction of sp³-hybridized carbons (Fsp3) is 0.905. The Morgan fingerprint density at radius 1 is 0.760 bits per heavy atom. The quantitative estimate of drug-likeness (QED) is 0.254. The van der Waals surface area contributed by atoms with E-state index in [-0.39, 0.29) is 5.91 Å². The Hall–Kier alpha value is -0.640. The van der Waals surface area contributed by atoms with Gasteiger partial charge in [0.1, 0.15) is 0 Å². The highest BCUT2D eigenvalue weighted by Gasteiger charge is 2.23. The van der Waals surface area contributed by atoms with Crippen LogP contribution in [-0.4, -0.2) is 29.0 Å². The van der Waals surface area contributed by atoms with Crippen molar-refractivity contribution in [2.24, 2.45) is 0 Å². The van der Waals surface area contributed by atoms with Crippen LogP contribution in [-0.2, 0) is 4.79 Å². The van der Waals surface area contributed by atoms with Gasteiger partial charge in [-0.1, -0.05) is 103 Å². The number of rotatable bonds is 17. The fourth-order valence-electron chi connectivity index (χ4n) is 3.50. The molecule has 1 aliphatic rings. The number of amides is 1. The lowest BCUT2D eigenvalue weighted by molar-refractivity contribution is -0.124. The molecule has 0 spiro atoms. The van der Waals surface area contributed by atoms with E-state index < -0.39 is 0 Å². The molecule has 0 aromatic carbocycles. The van der Waals surface area contributed by atoms with E-state index in [0.29, 0.717) is 11.7 Å². The maximum Gasteiger partial charge on any atom is 0.248 e. The van der Waals surface area contributed by atoms with Crippen LogP contribution in [0.3, 0.4) is 0 Å². The predicted octanol–water partition coefficient (Wildman–Crippen LogP) is 5.96. The van der Waals surface area contributed by atoms with Gasteiger partial charge in [0.05, 0.1) is 6.54 Å². The molecule has 0 radical (unpaired) electrons. The van der Waals surface area contributed by atoms with E-state index in [2.05, 4.69) is 12.2 Å². The number of carbonyl (C=O) groups excluding carboxylic acids is 1. The summed E-state index contributed by atoms with van der Waals surface area (Å²) in [6.45, 7) is 3.46. The standard InChI is InChI=1S/C21H40N2OS/c1-2-3-4-5-6-7-8-9-10-11-12-13-14-15-16-17-18-23-20(24)19-22-21(23)25/h2-19H2,1H3,(H,22,25). The summed E-state index contributed by atoms with van der Waals surface area (Å²) in [5.41, 5.74) is 0. The van der Waals surface area contributed by atoms with Crippen LogP contribution < -0.4 is 5.32 Å². The highest BCUT2D eigenvalue weighted by atomic mass is 32.1. The summed E-state index contributed by atoms with van der Waals surface area (Å²) < 4.78 is 0. The average molecular weight is 369 g/mol. The summed E-state index contributed by atoms with van der Waals surface area (Å²) in [5, 5.41) is 3.55. The Morgan fingerprint density at radius 3 is 1.52 bits per heavy atom. The van der Waals surface area contributed by atoms with Gasteiger partial charge in [-0.2, -0.15) is 0 Å². The molecule has 1 saturated heterocycles. The minimum absolute atomic E-state index is 0.131. The largest absolute Gasteiger partial charge is 0.353 e. The van der Waals surface area contributed by atoms with Gasteiger partial charge in [-0.05, 0) is 18.6 Å². The molecule has 146 valence electrons. The Morgan fingerprint density at radius 2 is 1.16 bits per heavy atom. The SMILES string of the molecule is CCCCCCCCCCCCCCCCCCN1C(=O)CNC1=S. The Kier molecular flexibility index (Phi) is 14.0. The number of thiocarbonyl (C=S) groups is 1. The number of carbonyl (C=O) groups is 1. The average Bonchev–Trinajstić information content (AvgIpc) is 2.93. The maximum absolute atomic E-state index is 11.6. The summed E-state index contributed by atoms with van der Waals surface area (Å²) in [4.78, 5) is 13.3. The van der Waals surface area contributed by atoms with Gasteiger partial charge in [-0.15, -0.1) is 0 Å². The Balaban J connectivity index is 1.73. The normalized spacial score (nSPS) is 14.4. The van der Waals surface area contributed by atoms with Crippen molar-refractivity contribution in [2.45, 2.75) is 110 Å². The van der Waals surface area contributed by atoms with Gasteiger partial charge < -0.3 is 5.32 Å². The molecule has 0 aliphatic carbocycles. The third-order valence-electron chi connectivity index (χ3n) is 5.17. The lowest BCUT2D eigenvalue weighted by atomic mass is 10.0. The Labute approximate surface area is 161 Å². The highest BCUT2D eigenvalue weighted by molar-refractivity contribution is 7.80. The monoisotopic (exact) mass is 368 g/mol. The molecule has 25 heavy (non-hydrogen) atoms. The molecule has 0 atom stereocenters. The van der Waals surface area contributed by atoms with Crippen molar-refractivity contribution in [3.8, 4) is 0 Å². The minimum Gasteiger partial charge on any atom is -0.353 e. The molecule has 1 amide bonds. The summed E-state index contributed by atoms with van der Waals surface area (Å²) in [7, 11) is 0. The smallest absolute Gasteiger partial charge is 0.248 e. The number of nitrogens with one attached hydrogen (secondary N) is 1. The second kappa shape index (κ2) is 15.6. The minimum atomic E-state index is 0.131. The van der Waals surface area contributed by atoms with Crippen molar-refractivity contribution < 1.29 is 4.79 Å². The fourth-order valence-corrected chi connectivity index (χ4v) is 3.76. The molecular weight excluding hydrogens is 328 g/mol. The van der Waals surface area contributed by atoms with Crippen LogP contribution in [0.15, 0.2) is 0 Å². The van der Waals surface area contributed by atoms with E-state index in [4.69, 9.17) is 12.2 Å². The van der Waals surface area contributed by atoms with Gasteiger partial charge in [0.15, 0.2) is 5.11 Å². The van der Waals surface area contributed by atoms with Gasteiger partial charge in [-0.25, -0.2) is 0 Å². The van der Waals surface area contributed by atoms with Gasteiger partial charge in [0, 0.05) is 6.54 Å². The molecule has 0 saturated carbocycles. The van der Waals surface area contributed by atoms with Crippen LogP contribution in [0.1, 0.15) is 110 Å². The Bertz CT molecular complexity index is 344. The summed E-state index contributed by atoms with van der Waals surface area (Å²) >= 11 is 5.12. The zero-order valence-electron chi connectivity index (χ0n) is 16.5. The number of hydrogen-bond acceptors (Lipinski definition) is 2. The first-order valence-corrected chi connectivity index (χ1v) is 11.2. The topological polar surface area (TPSA) is 32.3 Å². The predicted molar refractivity (Wildman–Crippen MR) is 112 cm³/mol. The lowest BCUT2D eigenvalue weighted by Gasteiger charge is -2.13. The van der Waals surface area contributed by atoms with E-state index in [1.807, 2.05) is 0 Å². The summed E-state index contributed by atoms with van der Waals surface area (Å²) in [6.07, 6.45) is 22.0. The third kappa shape index (κ3) is 11.6. The van der Waals surface area contributed by atoms with E-state index in [0.717, 1.165) is 13.0 Å². The van der Waals surface area contributed by atoms with Crippen molar-refractivity contribution in [3.05, 3.63) is 0 Å². The number of nitrogens with zero attached hydrogens (tertiary/aromatic N) is 1. The van der Waals surface area contributed by atoms with E-state index in [1.54, 1.807) is 4.90 Å². The van der Waals surface area contributed by atoms with Gasteiger partial charge in [0.25, 0.3) is 0 Å². The summed E-state index contributed by atoms with van der Waals surface area (Å²) in [6, 6.07) is 0. The lowest BCUT2D eigenvalue weighted by Crippen LogP contribution is -2.31. The first kappa shape index (κ1) is 22.4. The number of hydrogen-bond donors (Lipinski definition) is 1. The van der Waals surface area contributed by atoms with Crippen molar-refractivity contribution >= 4 is 23.2 Å². The zero-order chi connectivity index (χ0) is 18.2. The van der Waals surface area contributed by atoms with Crippen molar-refractivity contribution in [2.75, 3.05) is 13.1 Å². The zero-order valence-corrected chi connectivity index (χ0v) is 17.3. The molecule has 1 N–H and O–H groups in total. The molecule has 1 heterocycles. The van der Waals surface area contributed by atoms with Crippen LogP contribution in [0.5, 0.6) is 0 Å². The third-order valence-corrected chi connectivity index (χ3v) is 5.54. The molecule has 1 aliphatic heterocycles. The first-order chi connectivity index (χ1) is 12.3. The second-order valence-corrected chi connectivity index (χ2v) is 7.89. The van der Waals surface area contributed by atoms with E-state index in [1.165, 1.54) is 96.3 Å². The van der Waals surface area contributed by atoms with Crippen molar-refractivity contribution in [1.82, 2.24) is 10.2 Å². The maximum atomic E-state index is 11.6. The van der Waals surface area contributed by atoms with Gasteiger partial charge in [-0.3, -0.25) is 9.69 Å². The van der Waals surface area contributed by atoms with Crippen molar-refractivity contribution in [1.29, 1.82) is 0 Å². The van der Waals surface area contributed by atoms with Crippen LogP contribution >= 0.6 is 12.2 Å². The van der Waals surface area contributed by atoms with Crippen LogP contribution in [0.25, 0.3) is 0 Å². The molecule has 0 bridgehead atoms. The molecule has 1 fully saturated rings. The van der Waals surface area contributed by atoms with E-state index >= 15 is 0 Å². The molecule has 0 unspecified atom stereocenters. The molecule has 0 aromatic rings. The van der Waals surface area contributed by atoms with Crippen LogP contribution in [0.4, 0.5) is 0 Å². The molecule has 0 aromatic heterocycles. The molecule has 4 heteroatoms. The second-order valence-electron chi connectivity index (χ2n) is 7.51. The first-order valence-electron chi connectivity index (χ1n) is 10.8. The highest BCUT2D eigenvalue weighted by Crippen LogP contribution is 2.14. The van der Waals surface area contributed by atoms with E-state index in [9.17, 15) is 4.79 Å². The molecular formula is C21H40N2OS. The van der Waals surface area contributed by atoms with Gasteiger partial charge in [0.2, 0.25) is 5.91 Å². The van der Waals surface area contributed by atoms with Gasteiger partial charge >= 0.3 is 0 Å². The molecule has 3 nitrogen and oxygen atoms in total. The van der Waals surface area contributed by atoms with Crippen LogP contribution in [0.2, 0.25) is 0 Å². The number of unbranched alkanes of at least 4 members (excludes halogenated alkanes) is 15.